The van der Waals surface area contributed by atoms with Gasteiger partial charge in [-0.25, -0.2) is 14.2 Å². The van der Waals surface area contributed by atoms with Gasteiger partial charge in [-0.15, -0.1) is 0 Å². The smallest absolute Gasteiger partial charge is 0.315 e. The quantitative estimate of drug-likeness (QED) is 0.773. The number of halogens is 1. The van der Waals surface area contributed by atoms with E-state index >= 15 is 0 Å². The first-order chi connectivity index (χ1) is 12.1. The second-order valence-corrected chi connectivity index (χ2v) is 6.01. The fourth-order valence-corrected chi connectivity index (χ4v) is 2.91. The van der Waals surface area contributed by atoms with Crippen LogP contribution in [0.3, 0.4) is 0 Å². The number of benzene rings is 1. The highest BCUT2D eigenvalue weighted by Crippen LogP contribution is 2.17. The molecule has 2 unspecified atom stereocenters. The van der Waals surface area contributed by atoms with Crippen molar-refractivity contribution in [1.82, 2.24) is 15.6 Å². The van der Waals surface area contributed by atoms with Crippen LogP contribution in [0.25, 0.3) is 0 Å². The van der Waals surface area contributed by atoms with E-state index in [4.69, 9.17) is 0 Å². The molecule has 0 aliphatic carbocycles. The van der Waals surface area contributed by atoms with Crippen molar-refractivity contribution in [2.75, 3.05) is 24.5 Å². The van der Waals surface area contributed by atoms with Crippen LogP contribution in [0, 0.1) is 5.82 Å². The van der Waals surface area contributed by atoms with E-state index in [0.717, 1.165) is 18.8 Å². The Morgan fingerprint density at radius 3 is 2.88 bits per heavy atom. The summed E-state index contributed by atoms with van der Waals surface area (Å²) in [5.41, 5.74) is 0.171. The predicted molar refractivity (Wildman–Crippen MR) is 92.7 cm³/mol. The van der Waals surface area contributed by atoms with Crippen LogP contribution in [0.4, 0.5) is 15.0 Å². The van der Waals surface area contributed by atoms with Gasteiger partial charge < -0.3 is 20.6 Å². The molecule has 1 aliphatic rings. The SMILES string of the molecule is O=C(NCC(O)c1ccccc1F)NC1CCN(c2ccccn2)C1. The van der Waals surface area contributed by atoms with Crippen LogP contribution in [0.2, 0.25) is 0 Å². The van der Waals surface area contributed by atoms with Crippen LogP contribution in [0.5, 0.6) is 0 Å². The van der Waals surface area contributed by atoms with Crippen LogP contribution in [0.15, 0.2) is 48.7 Å². The van der Waals surface area contributed by atoms with Crippen LogP contribution in [-0.2, 0) is 0 Å². The number of nitrogens with zero attached hydrogens (tertiary/aromatic N) is 2. The molecule has 1 aromatic heterocycles. The Bertz CT molecular complexity index is 713. The number of hydrogen-bond donors (Lipinski definition) is 3. The maximum Gasteiger partial charge on any atom is 0.315 e. The van der Waals surface area contributed by atoms with E-state index in [1.165, 1.54) is 12.1 Å². The molecule has 0 spiro atoms. The number of nitrogens with one attached hydrogen (secondary N) is 2. The first-order valence-corrected chi connectivity index (χ1v) is 8.26. The van der Waals surface area contributed by atoms with Crippen molar-refractivity contribution in [3.05, 3.63) is 60.0 Å². The van der Waals surface area contributed by atoms with Crippen molar-refractivity contribution in [1.29, 1.82) is 0 Å². The molecule has 1 fully saturated rings. The van der Waals surface area contributed by atoms with E-state index in [9.17, 15) is 14.3 Å². The fraction of sp³-hybridized carbons (Fsp3) is 0.333. The molecule has 7 heteroatoms. The van der Waals surface area contributed by atoms with Gasteiger partial charge in [0.1, 0.15) is 11.6 Å². The van der Waals surface area contributed by atoms with Crippen molar-refractivity contribution in [3.8, 4) is 0 Å². The summed E-state index contributed by atoms with van der Waals surface area (Å²) in [6.45, 7) is 1.45. The maximum atomic E-state index is 13.6. The lowest BCUT2D eigenvalue weighted by molar-refractivity contribution is 0.168. The van der Waals surface area contributed by atoms with Crippen LogP contribution < -0.4 is 15.5 Å². The topological polar surface area (TPSA) is 77.5 Å². The second-order valence-electron chi connectivity index (χ2n) is 6.01. The third-order valence-corrected chi connectivity index (χ3v) is 4.22. The second kappa shape index (κ2) is 7.94. The third kappa shape index (κ3) is 4.45. The zero-order valence-electron chi connectivity index (χ0n) is 13.7. The number of carbonyl (C=O) groups excluding carboxylic acids is 1. The molecule has 132 valence electrons. The number of aliphatic hydroxyl groups excluding tert-OH is 1. The molecule has 2 amide bonds. The Kier molecular flexibility index (Phi) is 5.45. The molecular formula is C18H21FN4O2. The van der Waals surface area contributed by atoms with Gasteiger partial charge in [0.25, 0.3) is 0 Å². The minimum atomic E-state index is -1.08. The van der Waals surface area contributed by atoms with Gasteiger partial charge >= 0.3 is 6.03 Å². The summed E-state index contributed by atoms with van der Waals surface area (Å²) >= 11 is 0. The van der Waals surface area contributed by atoms with Gasteiger partial charge in [0.2, 0.25) is 0 Å². The van der Waals surface area contributed by atoms with Crippen molar-refractivity contribution in [2.24, 2.45) is 0 Å². The molecule has 0 bridgehead atoms. The van der Waals surface area contributed by atoms with E-state index in [-0.39, 0.29) is 24.2 Å². The number of carbonyl (C=O) groups is 1. The average Bonchev–Trinajstić information content (AvgIpc) is 3.09. The largest absolute Gasteiger partial charge is 0.386 e. The maximum absolute atomic E-state index is 13.6. The number of rotatable bonds is 5. The van der Waals surface area contributed by atoms with Gasteiger partial charge in [-0.2, -0.15) is 0 Å². The molecular weight excluding hydrogens is 323 g/mol. The molecule has 1 saturated heterocycles. The Hall–Kier alpha value is -2.67. The summed E-state index contributed by atoms with van der Waals surface area (Å²) in [6, 6.07) is 11.4. The van der Waals surface area contributed by atoms with Crippen molar-refractivity contribution in [3.63, 3.8) is 0 Å². The van der Waals surface area contributed by atoms with E-state index in [2.05, 4.69) is 20.5 Å². The molecule has 1 aliphatic heterocycles. The summed E-state index contributed by atoms with van der Waals surface area (Å²) < 4.78 is 13.6. The van der Waals surface area contributed by atoms with Gasteiger partial charge in [0, 0.05) is 37.4 Å². The third-order valence-electron chi connectivity index (χ3n) is 4.22. The highest BCUT2D eigenvalue weighted by molar-refractivity contribution is 5.74. The van der Waals surface area contributed by atoms with Crippen molar-refractivity contribution >= 4 is 11.8 Å². The Balaban J connectivity index is 1.45. The normalized spacial score (nSPS) is 18.0. The predicted octanol–water partition coefficient (Wildman–Crippen LogP) is 1.83. The van der Waals surface area contributed by atoms with Gasteiger partial charge in [0.05, 0.1) is 6.10 Å². The molecule has 2 heterocycles. The van der Waals surface area contributed by atoms with Gasteiger partial charge in [-0.05, 0) is 24.6 Å². The van der Waals surface area contributed by atoms with E-state index < -0.39 is 11.9 Å². The van der Waals surface area contributed by atoms with E-state index in [1.54, 1.807) is 18.3 Å². The van der Waals surface area contributed by atoms with Gasteiger partial charge in [-0.3, -0.25) is 0 Å². The lowest BCUT2D eigenvalue weighted by atomic mass is 10.1. The molecule has 25 heavy (non-hydrogen) atoms. The number of amides is 2. The Morgan fingerprint density at radius 2 is 2.12 bits per heavy atom. The molecule has 2 atom stereocenters. The molecule has 3 N–H and O–H groups in total. The number of hydrogen-bond acceptors (Lipinski definition) is 4. The van der Waals surface area contributed by atoms with E-state index in [0.29, 0.717) is 6.54 Å². The molecule has 0 saturated carbocycles. The number of pyridine rings is 1. The Labute approximate surface area is 145 Å². The number of urea groups is 1. The molecule has 0 radical (unpaired) electrons. The summed E-state index contributed by atoms with van der Waals surface area (Å²) in [6.07, 6.45) is 1.48. The first-order valence-electron chi connectivity index (χ1n) is 8.26. The zero-order chi connectivity index (χ0) is 17.6. The molecule has 2 aromatic rings. The lowest BCUT2D eigenvalue weighted by Crippen LogP contribution is -2.44. The molecule has 6 nitrogen and oxygen atoms in total. The zero-order valence-corrected chi connectivity index (χ0v) is 13.7. The number of aromatic nitrogens is 1. The summed E-state index contributed by atoms with van der Waals surface area (Å²) in [5, 5.41) is 15.5. The van der Waals surface area contributed by atoms with Gasteiger partial charge in [0.15, 0.2) is 0 Å². The van der Waals surface area contributed by atoms with Crippen LogP contribution in [0.1, 0.15) is 18.1 Å². The number of anilines is 1. The summed E-state index contributed by atoms with van der Waals surface area (Å²) in [4.78, 5) is 18.4. The number of aliphatic hydroxyl groups is 1. The van der Waals surface area contributed by atoms with E-state index in [1.807, 2.05) is 18.2 Å². The van der Waals surface area contributed by atoms with Crippen molar-refractivity contribution in [2.45, 2.75) is 18.6 Å². The lowest BCUT2D eigenvalue weighted by Gasteiger charge is -2.18. The summed E-state index contributed by atoms with van der Waals surface area (Å²) in [5.74, 6) is 0.404. The Morgan fingerprint density at radius 1 is 1.32 bits per heavy atom. The first kappa shape index (κ1) is 17.2. The standard InChI is InChI=1S/C18H21FN4O2/c19-15-6-2-1-5-14(15)16(24)11-21-18(25)22-13-8-10-23(12-13)17-7-3-4-9-20-17/h1-7,9,13,16,24H,8,10-12H2,(H2,21,22,25). The molecule has 1 aromatic carbocycles. The van der Waals surface area contributed by atoms with Crippen molar-refractivity contribution < 1.29 is 14.3 Å². The molecule has 3 rings (SSSR count). The highest BCUT2D eigenvalue weighted by Gasteiger charge is 2.24. The van der Waals surface area contributed by atoms with Crippen LogP contribution in [-0.4, -0.2) is 41.8 Å². The average molecular weight is 344 g/mol. The minimum absolute atomic E-state index is 0.00705. The minimum Gasteiger partial charge on any atom is -0.386 e. The monoisotopic (exact) mass is 344 g/mol. The highest BCUT2D eigenvalue weighted by atomic mass is 19.1. The van der Waals surface area contributed by atoms with Gasteiger partial charge in [-0.1, -0.05) is 24.3 Å². The van der Waals surface area contributed by atoms with Crippen LogP contribution >= 0.6 is 0 Å². The fourth-order valence-electron chi connectivity index (χ4n) is 2.91. The summed E-state index contributed by atoms with van der Waals surface area (Å²) in [7, 11) is 0.